The molecule has 0 aliphatic carbocycles. The normalized spacial score (nSPS) is 16.2. The van der Waals surface area contributed by atoms with Crippen LogP contribution in [-0.2, 0) is 9.63 Å². The Labute approximate surface area is 52.6 Å². The lowest BCUT2D eigenvalue weighted by Crippen LogP contribution is -2.33. The maximum atomic E-state index is 11.9. The SMILES string of the molecule is C=C(F)S(=O)(O)(O)CC. The summed E-state index contributed by atoms with van der Waals surface area (Å²) in [7, 11) is -5.09. The van der Waals surface area contributed by atoms with Crippen LogP contribution in [0, 0.1) is 0 Å². The Morgan fingerprint density at radius 1 is 1.78 bits per heavy atom. The second kappa shape index (κ2) is 1.86. The van der Waals surface area contributed by atoms with Gasteiger partial charge in [-0.3, -0.25) is 0 Å². The predicted octanol–water partition coefficient (Wildman–Crippen LogP) is 1.21. The highest BCUT2D eigenvalue weighted by atomic mass is 32.3. The molecule has 0 fully saturated rings. The van der Waals surface area contributed by atoms with Crippen LogP contribution in [-0.4, -0.2) is 19.1 Å². The fourth-order valence-electron chi connectivity index (χ4n) is 0.157. The van der Waals surface area contributed by atoms with Crippen molar-refractivity contribution in [2.45, 2.75) is 6.92 Å². The molecule has 0 saturated heterocycles. The number of halogens is 1. The Morgan fingerprint density at radius 2 is 2.11 bits per heavy atom. The molecule has 0 radical (unpaired) electrons. The Morgan fingerprint density at radius 3 is 2.11 bits per heavy atom. The first kappa shape index (κ1) is 8.74. The maximum Gasteiger partial charge on any atom is 0.203 e. The highest BCUT2D eigenvalue weighted by Crippen LogP contribution is 2.25. The van der Waals surface area contributed by atoms with Gasteiger partial charge in [-0.15, -0.1) is 0 Å². The van der Waals surface area contributed by atoms with Gasteiger partial charge in [-0.05, 0) is 0 Å². The minimum Gasteiger partial charge on any atom is -0.303 e. The zero-order valence-corrected chi connectivity index (χ0v) is 5.82. The third-order valence-corrected chi connectivity index (χ3v) is 2.90. The van der Waals surface area contributed by atoms with E-state index in [2.05, 4.69) is 6.58 Å². The standard InChI is InChI=1S/C4H9FO3S/c1-3-9(6,7,8)4(2)5/h2-3H2,1H3,(H2,6,7,8). The van der Waals surface area contributed by atoms with E-state index in [0.29, 0.717) is 0 Å². The third kappa shape index (κ3) is 1.85. The number of rotatable bonds is 2. The zero-order valence-electron chi connectivity index (χ0n) is 5.00. The van der Waals surface area contributed by atoms with E-state index in [9.17, 15) is 8.60 Å². The molecule has 0 spiro atoms. The van der Waals surface area contributed by atoms with Crippen molar-refractivity contribution in [2.75, 3.05) is 5.75 Å². The highest BCUT2D eigenvalue weighted by Gasteiger charge is 2.31. The molecule has 0 heterocycles. The molecule has 3 nitrogen and oxygen atoms in total. The van der Waals surface area contributed by atoms with Crippen LogP contribution in [0.1, 0.15) is 6.92 Å². The first-order valence-electron chi connectivity index (χ1n) is 2.27. The first-order chi connectivity index (χ1) is 3.78. The molecular formula is C4H9FO3S. The number of hydrogen-bond acceptors (Lipinski definition) is 1. The third-order valence-electron chi connectivity index (χ3n) is 0.966. The van der Waals surface area contributed by atoms with Crippen molar-refractivity contribution in [3.8, 4) is 0 Å². The summed E-state index contributed by atoms with van der Waals surface area (Å²) in [5, 5.41) is -1.57. The summed E-state index contributed by atoms with van der Waals surface area (Å²) in [5.41, 5.74) is 0. The molecular weight excluding hydrogens is 147 g/mol. The van der Waals surface area contributed by atoms with E-state index < -0.39 is 20.5 Å². The molecule has 5 heteroatoms. The molecule has 9 heavy (non-hydrogen) atoms. The second-order valence-electron chi connectivity index (χ2n) is 1.66. The largest absolute Gasteiger partial charge is 0.303 e. The molecule has 0 bridgehead atoms. The molecule has 0 unspecified atom stereocenters. The Balaban J connectivity index is 4.75. The van der Waals surface area contributed by atoms with Gasteiger partial charge in [0.25, 0.3) is 0 Å². The second-order valence-corrected chi connectivity index (χ2v) is 4.72. The van der Waals surface area contributed by atoms with E-state index in [1.807, 2.05) is 0 Å². The van der Waals surface area contributed by atoms with Gasteiger partial charge >= 0.3 is 0 Å². The van der Waals surface area contributed by atoms with E-state index in [-0.39, 0.29) is 0 Å². The van der Waals surface area contributed by atoms with Crippen LogP contribution in [0.15, 0.2) is 11.7 Å². The summed E-state index contributed by atoms with van der Waals surface area (Å²) in [6, 6.07) is 0. The summed E-state index contributed by atoms with van der Waals surface area (Å²) >= 11 is 0. The van der Waals surface area contributed by atoms with Gasteiger partial charge in [0.05, 0.1) is 5.75 Å². The van der Waals surface area contributed by atoms with Crippen molar-refractivity contribution in [1.82, 2.24) is 0 Å². The Kier molecular flexibility index (Phi) is 1.81. The van der Waals surface area contributed by atoms with E-state index in [4.69, 9.17) is 9.11 Å². The van der Waals surface area contributed by atoms with Crippen molar-refractivity contribution < 1.29 is 17.7 Å². The van der Waals surface area contributed by atoms with Crippen LogP contribution in [0.3, 0.4) is 0 Å². The molecule has 0 aromatic heterocycles. The van der Waals surface area contributed by atoms with Crippen LogP contribution < -0.4 is 0 Å². The molecule has 0 saturated carbocycles. The smallest absolute Gasteiger partial charge is 0.203 e. The lowest BCUT2D eigenvalue weighted by atomic mass is 11.0. The van der Waals surface area contributed by atoms with Gasteiger partial charge < -0.3 is 9.11 Å². The predicted molar refractivity (Wildman–Crippen MR) is 34.2 cm³/mol. The van der Waals surface area contributed by atoms with E-state index in [1.54, 1.807) is 0 Å². The average molecular weight is 156 g/mol. The lowest BCUT2D eigenvalue weighted by molar-refractivity contribution is 0.386. The molecule has 0 aliphatic heterocycles. The molecule has 0 atom stereocenters. The lowest BCUT2D eigenvalue weighted by Gasteiger charge is -2.25. The molecule has 56 valence electrons. The minimum absolute atomic E-state index is 0.563. The molecule has 0 aliphatic rings. The topological polar surface area (TPSA) is 57.5 Å². The van der Waals surface area contributed by atoms with Crippen LogP contribution in [0.5, 0.6) is 0 Å². The molecule has 0 aromatic rings. The monoisotopic (exact) mass is 156 g/mol. The van der Waals surface area contributed by atoms with E-state index in [1.165, 1.54) is 6.92 Å². The molecule has 2 N–H and O–H groups in total. The van der Waals surface area contributed by atoms with Gasteiger partial charge in [0.2, 0.25) is 5.16 Å². The van der Waals surface area contributed by atoms with Crippen molar-refractivity contribution in [1.29, 1.82) is 0 Å². The molecule has 0 amide bonds. The van der Waals surface area contributed by atoms with Crippen LogP contribution in [0.2, 0.25) is 0 Å². The summed E-state index contributed by atoms with van der Waals surface area (Å²) < 4.78 is 39.4. The van der Waals surface area contributed by atoms with Gasteiger partial charge in [0.1, 0.15) is 9.63 Å². The van der Waals surface area contributed by atoms with Gasteiger partial charge in [-0.2, -0.15) is 4.39 Å². The fourth-order valence-corrected chi connectivity index (χ4v) is 0.470. The van der Waals surface area contributed by atoms with Crippen LogP contribution in [0.4, 0.5) is 4.39 Å². The first-order valence-corrected chi connectivity index (χ1v) is 4.32. The molecule has 0 rings (SSSR count). The maximum absolute atomic E-state index is 11.9. The quantitative estimate of drug-likeness (QED) is 0.631. The van der Waals surface area contributed by atoms with Crippen LogP contribution in [0.25, 0.3) is 0 Å². The highest BCUT2D eigenvalue weighted by molar-refractivity contribution is 8.13. The summed E-state index contributed by atoms with van der Waals surface area (Å²) in [4.78, 5) is 0. The van der Waals surface area contributed by atoms with Gasteiger partial charge in [-0.25, -0.2) is 4.21 Å². The molecule has 0 aromatic carbocycles. The van der Waals surface area contributed by atoms with Crippen molar-refractivity contribution in [3.63, 3.8) is 0 Å². The Bertz CT molecular complexity index is 192. The van der Waals surface area contributed by atoms with Gasteiger partial charge in [0.15, 0.2) is 0 Å². The zero-order chi connectivity index (χ0) is 7.73. The fraction of sp³-hybridized carbons (Fsp3) is 0.500. The minimum atomic E-state index is -5.09. The average Bonchev–Trinajstić information content (AvgIpc) is 1.66. The Hall–Kier alpha value is -0.260. The van der Waals surface area contributed by atoms with E-state index >= 15 is 0 Å². The van der Waals surface area contributed by atoms with Crippen molar-refractivity contribution >= 4 is 9.63 Å². The summed E-state index contributed by atoms with van der Waals surface area (Å²) in [6.45, 7) is 3.73. The number of hydrogen-bond donors (Lipinski definition) is 2. The van der Waals surface area contributed by atoms with Crippen molar-refractivity contribution in [3.05, 3.63) is 11.7 Å². The van der Waals surface area contributed by atoms with Crippen molar-refractivity contribution in [2.24, 2.45) is 0 Å². The summed E-state index contributed by atoms with van der Waals surface area (Å²) in [6.07, 6.45) is 0. The summed E-state index contributed by atoms with van der Waals surface area (Å²) in [5.74, 6) is -0.563. The van der Waals surface area contributed by atoms with Crippen LogP contribution >= 0.6 is 0 Å². The van der Waals surface area contributed by atoms with E-state index in [0.717, 1.165) is 0 Å². The van der Waals surface area contributed by atoms with Gasteiger partial charge in [-0.1, -0.05) is 13.5 Å². The van der Waals surface area contributed by atoms with Gasteiger partial charge in [0, 0.05) is 0 Å².